The van der Waals surface area contributed by atoms with Gasteiger partial charge in [0.15, 0.2) is 6.29 Å². The van der Waals surface area contributed by atoms with Crippen molar-refractivity contribution >= 4 is 29.9 Å². The van der Waals surface area contributed by atoms with Gasteiger partial charge in [0.2, 0.25) is 5.91 Å². The Hall–Kier alpha value is -3.84. The second-order valence-corrected chi connectivity index (χ2v) is 9.38. The number of amides is 3. The maximum absolute atomic E-state index is 13.1. The summed E-state index contributed by atoms with van der Waals surface area (Å²) in [5, 5.41) is 12.2. The highest BCUT2D eigenvalue weighted by Gasteiger charge is 2.24. The number of likely N-dealkylation sites (N-methyl/N-ethyl adjacent to an activating group) is 1. The molecule has 2 aliphatic rings. The summed E-state index contributed by atoms with van der Waals surface area (Å²) in [7, 11) is 1.90. The number of rotatable bonds is 9. The summed E-state index contributed by atoms with van der Waals surface area (Å²) in [4.78, 5) is 51.0. The molecule has 0 atom stereocenters. The van der Waals surface area contributed by atoms with Crippen LogP contribution in [0.3, 0.4) is 0 Å². The van der Waals surface area contributed by atoms with E-state index in [2.05, 4.69) is 21.4 Å². The highest BCUT2D eigenvalue weighted by atomic mass is 16.2. The first-order valence-corrected chi connectivity index (χ1v) is 12.3. The minimum atomic E-state index is -0.436. The molecule has 1 saturated heterocycles. The number of pyridine rings is 2. The standard InChI is InChI=1S/C26H31N7O3/c1-3-33(26(36)30-23-12-19(7-6-18-4-5-18)21(13-27)14-28-23)24-9-8-20(22(17-34)29-24)15-32-11-10-31(2)16-25(32)35/h8-9,12,14,17-18H,3-7,10-11,15-16H2,1-2H3,(H,28,30,36). The van der Waals surface area contributed by atoms with Crippen LogP contribution in [0.4, 0.5) is 16.4 Å². The highest BCUT2D eigenvalue weighted by molar-refractivity contribution is 6.00. The summed E-state index contributed by atoms with van der Waals surface area (Å²) < 4.78 is 0. The molecule has 0 aromatic carbocycles. The molecule has 36 heavy (non-hydrogen) atoms. The highest BCUT2D eigenvalue weighted by Crippen LogP contribution is 2.34. The third kappa shape index (κ3) is 6.04. The minimum absolute atomic E-state index is 0.00524. The van der Waals surface area contributed by atoms with Crippen molar-refractivity contribution in [2.75, 3.05) is 43.4 Å². The molecule has 4 rings (SSSR count). The van der Waals surface area contributed by atoms with Crippen LogP contribution in [-0.2, 0) is 17.8 Å². The van der Waals surface area contributed by atoms with Crippen LogP contribution < -0.4 is 10.2 Å². The van der Waals surface area contributed by atoms with Crippen LogP contribution in [0.25, 0.3) is 0 Å². The van der Waals surface area contributed by atoms with Gasteiger partial charge < -0.3 is 4.90 Å². The molecule has 2 aromatic heterocycles. The largest absolute Gasteiger partial charge is 0.336 e. The average Bonchev–Trinajstić information content (AvgIpc) is 3.70. The van der Waals surface area contributed by atoms with Crippen molar-refractivity contribution < 1.29 is 14.4 Å². The van der Waals surface area contributed by atoms with Gasteiger partial charge >= 0.3 is 6.03 Å². The van der Waals surface area contributed by atoms with Crippen LogP contribution in [-0.4, -0.2) is 71.2 Å². The fourth-order valence-electron chi connectivity index (χ4n) is 4.30. The molecular weight excluding hydrogens is 458 g/mol. The zero-order valence-electron chi connectivity index (χ0n) is 20.7. The molecule has 3 heterocycles. The number of hydrogen-bond acceptors (Lipinski definition) is 7. The lowest BCUT2D eigenvalue weighted by Crippen LogP contribution is -2.48. The molecule has 1 aliphatic heterocycles. The van der Waals surface area contributed by atoms with E-state index in [1.54, 1.807) is 23.1 Å². The first kappa shape index (κ1) is 25.3. The van der Waals surface area contributed by atoms with Gasteiger partial charge in [-0.1, -0.05) is 18.9 Å². The number of carbonyl (C=O) groups excluding carboxylic acids is 3. The Morgan fingerprint density at radius 3 is 2.78 bits per heavy atom. The average molecular weight is 490 g/mol. The van der Waals surface area contributed by atoms with Crippen molar-refractivity contribution in [1.29, 1.82) is 5.26 Å². The second-order valence-electron chi connectivity index (χ2n) is 9.38. The fraction of sp³-hybridized carbons (Fsp3) is 0.462. The van der Waals surface area contributed by atoms with Gasteiger partial charge in [-0.2, -0.15) is 5.26 Å². The molecular formula is C26H31N7O3. The van der Waals surface area contributed by atoms with Crippen LogP contribution in [0.5, 0.6) is 0 Å². The lowest BCUT2D eigenvalue weighted by atomic mass is 10.0. The zero-order chi connectivity index (χ0) is 25.7. The van der Waals surface area contributed by atoms with Crippen molar-refractivity contribution in [2.45, 2.75) is 39.2 Å². The predicted molar refractivity (Wildman–Crippen MR) is 135 cm³/mol. The fourth-order valence-corrected chi connectivity index (χ4v) is 4.30. The Morgan fingerprint density at radius 1 is 1.31 bits per heavy atom. The van der Waals surface area contributed by atoms with Crippen LogP contribution in [0, 0.1) is 17.2 Å². The number of nitrogens with zero attached hydrogens (tertiary/aromatic N) is 6. The molecule has 1 saturated carbocycles. The van der Waals surface area contributed by atoms with Gasteiger partial charge in [0.25, 0.3) is 0 Å². The van der Waals surface area contributed by atoms with E-state index in [0.29, 0.717) is 55.2 Å². The number of nitrogens with one attached hydrogen (secondary N) is 1. The third-order valence-electron chi connectivity index (χ3n) is 6.68. The van der Waals surface area contributed by atoms with E-state index in [0.717, 1.165) is 30.9 Å². The number of aromatic nitrogens is 2. The first-order chi connectivity index (χ1) is 17.4. The quantitative estimate of drug-likeness (QED) is 0.537. The molecule has 2 aromatic rings. The number of anilines is 2. The number of aryl methyl sites for hydroxylation is 1. The van der Waals surface area contributed by atoms with Crippen molar-refractivity contribution in [3.8, 4) is 6.07 Å². The normalized spacial score (nSPS) is 15.9. The molecule has 10 nitrogen and oxygen atoms in total. The van der Waals surface area contributed by atoms with E-state index in [-0.39, 0.29) is 11.6 Å². The number of nitriles is 1. The maximum Gasteiger partial charge on any atom is 0.328 e. The van der Waals surface area contributed by atoms with E-state index in [1.165, 1.54) is 23.9 Å². The van der Waals surface area contributed by atoms with Crippen molar-refractivity contribution in [3.63, 3.8) is 0 Å². The first-order valence-electron chi connectivity index (χ1n) is 12.3. The minimum Gasteiger partial charge on any atom is -0.336 e. The van der Waals surface area contributed by atoms with E-state index in [4.69, 9.17) is 0 Å². The summed E-state index contributed by atoms with van der Waals surface area (Å²) in [5.41, 5.74) is 2.23. The lowest BCUT2D eigenvalue weighted by molar-refractivity contribution is -0.136. The third-order valence-corrected chi connectivity index (χ3v) is 6.68. The Kier molecular flexibility index (Phi) is 7.90. The van der Waals surface area contributed by atoms with Gasteiger partial charge in [-0.25, -0.2) is 14.8 Å². The summed E-state index contributed by atoms with van der Waals surface area (Å²) >= 11 is 0. The molecule has 0 bridgehead atoms. The molecule has 1 N–H and O–H groups in total. The summed E-state index contributed by atoms with van der Waals surface area (Å²) in [6, 6.07) is 6.92. The van der Waals surface area contributed by atoms with Gasteiger partial charge in [0, 0.05) is 37.9 Å². The van der Waals surface area contributed by atoms with Gasteiger partial charge in [-0.3, -0.25) is 24.7 Å². The Morgan fingerprint density at radius 2 is 2.11 bits per heavy atom. The zero-order valence-corrected chi connectivity index (χ0v) is 20.7. The summed E-state index contributed by atoms with van der Waals surface area (Å²) in [6.45, 7) is 4.12. The number of carbonyl (C=O) groups is 3. The lowest BCUT2D eigenvalue weighted by Gasteiger charge is -2.32. The Balaban J connectivity index is 1.47. The molecule has 188 valence electrons. The summed E-state index contributed by atoms with van der Waals surface area (Å²) in [5.74, 6) is 1.43. The van der Waals surface area contributed by atoms with E-state index in [9.17, 15) is 19.6 Å². The van der Waals surface area contributed by atoms with Crippen LogP contribution >= 0.6 is 0 Å². The van der Waals surface area contributed by atoms with Crippen LogP contribution in [0.1, 0.15) is 53.4 Å². The van der Waals surface area contributed by atoms with Gasteiger partial charge in [0.05, 0.1) is 12.1 Å². The number of hydrogen-bond donors (Lipinski definition) is 1. The summed E-state index contributed by atoms with van der Waals surface area (Å²) in [6.07, 6.45) is 6.42. The maximum atomic E-state index is 13.1. The van der Waals surface area contributed by atoms with E-state index >= 15 is 0 Å². The second kappa shape index (κ2) is 11.3. The Bertz CT molecular complexity index is 1190. The van der Waals surface area contributed by atoms with Crippen molar-refractivity contribution in [3.05, 3.63) is 46.8 Å². The van der Waals surface area contributed by atoms with Crippen LogP contribution in [0.15, 0.2) is 24.4 Å². The molecule has 2 fully saturated rings. The predicted octanol–water partition coefficient (Wildman–Crippen LogP) is 2.84. The van der Waals surface area contributed by atoms with Gasteiger partial charge in [-0.15, -0.1) is 0 Å². The van der Waals surface area contributed by atoms with Gasteiger partial charge in [0.1, 0.15) is 23.4 Å². The molecule has 0 spiro atoms. The van der Waals surface area contributed by atoms with Crippen molar-refractivity contribution in [1.82, 2.24) is 19.8 Å². The van der Waals surface area contributed by atoms with E-state index < -0.39 is 6.03 Å². The molecule has 1 aliphatic carbocycles. The topological polar surface area (TPSA) is 123 Å². The molecule has 0 unspecified atom stereocenters. The SMILES string of the molecule is CCN(C(=O)Nc1cc(CCC2CC2)c(C#N)cn1)c1ccc(CN2CCN(C)CC2=O)c(C=O)n1. The Labute approximate surface area is 210 Å². The number of urea groups is 1. The van der Waals surface area contributed by atoms with E-state index in [1.807, 2.05) is 18.9 Å². The molecule has 3 amide bonds. The number of aldehydes is 1. The van der Waals surface area contributed by atoms with Crippen molar-refractivity contribution in [2.24, 2.45) is 5.92 Å². The number of piperazine rings is 1. The smallest absolute Gasteiger partial charge is 0.328 e. The monoisotopic (exact) mass is 489 g/mol. The van der Waals surface area contributed by atoms with Crippen LogP contribution in [0.2, 0.25) is 0 Å². The van der Waals surface area contributed by atoms with Gasteiger partial charge in [-0.05, 0) is 50.4 Å². The molecule has 10 heteroatoms. The molecule has 0 radical (unpaired) electrons.